The summed E-state index contributed by atoms with van der Waals surface area (Å²) in [5, 5.41) is 3.26. The third-order valence-corrected chi connectivity index (χ3v) is 5.14. The third kappa shape index (κ3) is 5.31. The van der Waals surface area contributed by atoms with E-state index in [1.165, 1.54) is 11.1 Å². The number of nitrogens with zero attached hydrogens (tertiary/aromatic N) is 2. The van der Waals surface area contributed by atoms with Crippen molar-refractivity contribution in [3.8, 4) is 0 Å². The van der Waals surface area contributed by atoms with Crippen LogP contribution in [0, 0.1) is 6.92 Å². The van der Waals surface area contributed by atoms with Gasteiger partial charge in [-0.25, -0.2) is 0 Å². The van der Waals surface area contributed by atoms with Gasteiger partial charge >= 0.3 is 0 Å². The Morgan fingerprint density at radius 2 is 1.67 bits per heavy atom. The van der Waals surface area contributed by atoms with Crippen molar-refractivity contribution in [3.63, 3.8) is 0 Å². The van der Waals surface area contributed by atoms with E-state index < -0.39 is 0 Å². The molecule has 0 spiro atoms. The summed E-state index contributed by atoms with van der Waals surface area (Å²) >= 11 is 5.82. The molecule has 0 atom stereocenters. The summed E-state index contributed by atoms with van der Waals surface area (Å²) in [7, 11) is 0. The SMILES string of the molecule is Cc1ccccc1CN1CCN(C(=O)CNC(=O)c2ccc(Cl)cc2)CC1. The Balaban J connectivity index is 1.44. The number of halogens is 1. The first-order valence-corrected chi connectivity index (χ1v) is 9.49. The van der Waals surface area contributed by atoms with Gasteiger partial charge in [-0.1, -0.05) is 35.9 Å². The maximum absolute atomic E-state index is 12.4. The molecule has 1 aliphatic heterocycles. The number of amides is 2. The van der Waals surface area contributed by atoms with E-state index in [0.717, 1.165) is 19.6 Å². The standard InChI is InChI=1S/C21H24ClN3O2/c1-16-4-2-3-5-18(16)15-24-10-12-25(13-11-24)20(26)14-23-21(27)17-6-8-19(22)9-7-17/h2-9H,10-15H2,1H3,(H,23,27). The molecule has 2 amide bonds. The predicted molar refractivity (Wildman–Crippen MR) is 107 cm³/mol. The number of carbonyl (C=O) groups excluding carboxylic acids is 2. The first-order chi connectivity index (χ1) is 13.0. The zero-order valence-corrected chi connectivity index (χ0v) is 16.2. The minimum absolute atomic E-state index is 0.0131. The largest absolute Gasteiger partial charge is 0.343 e. The zero-order chi connectivity index (χ0) is 19.2. The quantitative estimate of drug-likeness (QED) is 0.861. The lowest BCUT2D eigenvalue weighted by Crippen LogP contribution is -2.50. The van der Waals surface area contributed by atoms with Gasteiger partial charge in [0.2, 0.25) is 5.91 Å². The van der Waals surface area contributed by atoms with E-state index in [1.807, 2.05) is 11.0 Å². The van der Waals surface area contributed by atoms with Crippen LogP contribution < -0.4 is 5.32 Å². The molecule has 0 aromatic heterocycles. The van der Waals surface area contributed by atoms with E-state index in [-0.39, 0.29) is 18.4 Å². The highest BCUT2D eigenvalue weighted by atomic mass is 35.5. The number of hydrogen-bond acceptors (Lipinski definition) is 3. The fourth-order valence-electron chi connectivity index (χ4n) is 3.15. The van der Waals surface area contributed by atoms with Crippen LogP contribution in [0.15, 0.2) is 48.5 Å². The van der Waals surface area contributed by atoms with Crippen molar-refractivity contribution in [2.75, 3.05) is 32.7 Å². The number of benzene rings is 2. The van der Waals surface area contributed by atoms with E-state index >= 15 is 0 Å². The molecule has 0 bridgehead atoms. The van der Waals surface area contributed by atoms with Crippen LogP contribution in [0.4, 0.5) is 0 Å². The molecule has 1 aliphatic rings. The number of nitrogens with one attached hydrogen (secondary N) is 1. The second-order valence-electron chi connectivity index (χ2n) is 6.77. The number of aryl methyl sites for hydroxylation is 1. The van der Waals surface area contributed by atoms with E-state index in [0.29, 0.717) is 23.7 Å². The molecule has 5 nitrogen and oxygen atoms in total. The van der Waals surface area contributed by atoms with Crippen LogP contribution in [0.3, 0.4) is 0 Å². The van der Waals surface area contributed by atoms with Crippen molar-refractivity contribution in [2.45, 2.75) is 13.5 Å². The fourth-order valence-corrected chi connectivity index (χ4v) is 3.28. The predicted octanol–water partition coefficient (Wildman–Crippen LogP) is 2.72. The highest BCUT2D eigenvalue weighted by Crippen LogP contribution is 2.13. The summed E-state index contributed by atoms with van der Waals surface area (Å²) in [4.78, 5) is 28.7. The van der Waals surface area contributed by atoms with E-state index in [4.69, 9.17) is 11.6 Å². The van der Waals surface area contributed by atoms with Gasteiger partial charge in [-0.3, -0.25) is 14.5 Å². The van der Waals surface area contributed by atoms with Crippen LogP contribution in [0.5, 0.6) is 0 Å². The summed E-state index contributed by atoms with van der Waals surface area (Å²) in [5.41, 5.74) is 3.11. The monoisotopic (exact) mass is 385 g/mol. The summed E-state index contributed by atoms with van der Waals surface area (Å²) in [5.74, 6) is -0.314. The molecule has 0 saturated carbocycles. The van der Waals surface area contributed by atoms with Crippen LogP contribution >= 0.6 is 11.6 Å². The average Bonchev–Trinajstić information content (AvgIpc) is 2.69. The minimum atomic E-state index is -0.266. The van der Waals surface area contributed by atoms with Crippen LogP contribution in [-0.2, 0) is 11.3 Å². The number of hydrogen-bond donors (Lipinski definition) is 1. The normalized spacial score (nSPS) is 14.8. The van der Waals surface area contributed by atoms with E-state index in [1.54, 1.807) is 24.3 Å². The molecule has 2 aromatic rings. The third-order valence-electron chi connectivity index (χ3n) is 4.89. The van der Waals surface area contributed by atoms with Crippen LogP contribution in [0.2, 0.25) is 5.02 Å². The van der Waals surface area contributed by atoms with Gasteiger partial charge in [0.25, 0.3) is 5.91 Å². The molecule has 142 valence electrons. The lowest BCUT2D eigenvalue weighted by Gasteiger charge is -2.35. The molecule has 1 fully saturated rings. The fraction of sp³-hybridized carbons (Fsp3) is 0.333. The molecular formula is C21H24ClN3O2. The Kier molecular flexibility index (Phi) is 6.48. The Morgan fingerprint density at radius 3 is 2.33 bits per heavy atom. The second kappa shape index (κ2) is 9.02. The van der Waals surface area contributed by atoms with Gasteiger partial charge < -0.3 is 10.2 Å². The Hall–Kier alpha value is -2.37. The Bertz CT molecular complexity index is 799. The van der Waals surface area contributed by atoms with Crippen molar-refractivity contribution in [1.29, 1.82) is 0 Å². The van der Waals surface area contributed by atoms with E-state index in [9.17, 15) is 9.59 Å². The van der Waals surface area contributed by atoms with Gasteiger partial charge in [0.15, 0.2) is 0 Å². The first-order valence-electron chi connectivity index (χ1n) is 9.11. The molecule has 0 unspecified atom stereocenters. The van der Waals surface area contributed by atoms with Gasteiger partial charge in [0.05, 0.1) is 6.54 Å². The molecule has 0 radical (unpaired) electrons. The molecule has 2 aromatic carbocycles. The van der Waals surface area contributed by atoms with Gasteiger partial charge in [-0.2, -0.15) is 0 Å². The van der Waals surface area contributed by atoms with Crippen molar-refractivity contribution in [3.05, 3.63) is 70.2 Å². The van der Waals surface area contributed by atoms with Crippen molar-refractivity contribution in [1.82, 2.24) is 15.1 Å². The number of rotatable bonds is 5. The summed E-state index contributed by atoms with van der Waals surface area (Å²) in [6.45, 7) is 6.08. The molecule has 1 heterocycles. The van der Waals surface area contributed by atoms with Crippen LogP contribution in [0.25, 0.3) is 0 Å². The summed E-state index contributed by atoms with van der Waals surface area (Å²) < 4.78 is 0. The van der Waals surface area contributed by atoms with Gasteiger partial charge in [-0.15, -0.1) is 0 Å². The first kappa shape index (κ1) is 19.4. The molecule has 3 rings (SSSR count). The molecule has 1 saturated heterocycles. The minimum Gasteiger partial charge on any atom is -0.343 e. The maximum Gasteiger partial charge on any atom is 0.251 e. The Morgan fingerprint density at radius 1 is 1.00 bits per heavy atom. The number of carbonyl (C=O) groups is 2. The molecule has 1 N–H and O–H groups in total. The zero-order valence-electron chi connectivity index (χ0n) is 15.5. The highest BCUT2D eigenvalue weighted by Gasteiger charge is 2.21. The van der Waals surface area contributed by atoms with Crippen LogP contribution in [-0.4, -0.2) is 54.3 Å². The molecule has 27 heavy (non-hydrogen) atoms. The topological polar surface area (TPSA) is 52.6 Å². The average molecular weight is 386 g/mol. The second-order valence-corrected chi connectivity index (χ2v) is 7.21. The van der Waals surface area contributed by atoms with Gasteiger partial charge in [-0.05, 0) is 42.3 Å². The summed E-state index contributed by atoms with van der Waals surface area (Å²) in [6.07, 6.45) is 0. The van der Waals surface area contributed by atoms with Gasteiger partial charge in [0.1, 0.15) is 0 Å². The maximum atomic E-state index is 12.4. The van der Waals surface area contributed by atoms with Crippen molar-refractivity contribution in [2.24, 2.45) is 0 Å². The highest BCUT2D eigenvalue weighted by molar-refractivity contribution is 6.30. The van der Waals surface area contributed by atoms with Crippen molar-refractivity contribution < 1.29 is 9.59 Å². The summed E-state index contributed by atoms with van der Waals surface area (Å²) in [6, 6.07) is 15.0. The molecular weight excluding hydrogens is 362 g/mol. The van der Waals surface area contributed by atoms with Crippen molar-refractivity contribution >= 4 is 23.4 Å². The van der Waals surface area contributed by atoms with Crippen LogP contribution in [0.1, 0.15) is 21.5 Å². The molecule has 6 heteroatoms. The van der Waals surface area contributed by atoms with Gasteiger partial charge in [0, 0.05) is 43.3 Å². The molecule has 0 aliphatic carbocycles. The Labute approximate surface area is 164 Å². The number of piperazine rings is 1. The smallest absolute Gasteiger partial charge is 0.251 e. The van der Waals surface area contributed by atoms with E-state index in [2.05, 4.69) is 35.3 Å². The lowest BCUT2D eigenvalue weighted by molar-refractivity contribution is -0.131. The lowest BCUT2D eigenvalue weighted by atomic mass is 10.1.